The second kappa shape index (κ2) is 9.26. The topological polar surface area (TPSA) is 104 Å². The molecule has 1 saturated carbocycles. The van der Waals surface area contributed by atoms with E-state index in [0.717, 1.165) is 49.8 Å². The normalized spacial score (nSPS) is 17.1. The van der Waals surface area contributed by atoms with Gasteiger partial charge in [0.25, 0.3) is 5.91 Å². The minimum Gasteiger partial charge on any atom is -0.342 e. The maximum atomic E-state index is 12.8. The number of nitrogens with zero attached hydrogens (tertiary/aromatic N) is 5. The molecule has 174 valence electrons. The number of amides is 2. The number of aromatic nitrogens is 3. The molecule has 3 aromatic heterocycles. The lowest BCUT2D eigenvalue weighted by atomic mass is 9.89. The number of carbonyl (C=O) groups excluding carboxylic acids is 2. The van der Waals surface area contributed by atoms with Crippen molar-refractivity contribution in [2.75, 3.05) is 18.4 Å². The number of piperidine rings is 1. The molecule has 4 heterocycles. The molecule has 2 fully saturated rings. The van der Waals surface area contributed by atoms with Gasteiger partial charge in [0.05, 0.1) is 23.5 Å². The van der Waals surface area contributed by atoms with E-state index in [9.17, 15) is 9.59 Å². The maximum absolute atomic E-state index is 12.8. The number of fused-ring (bicyclic) bond motifs is 1. The van der Waals surface area contributed by atoms with Crippen LogP contribution in [0.2, 0.25) is 0 Å². The number of anilines is 1. The third kappa shape index (κ3) is 4.26. The van der Waals surface area contributed by atoms with Gasteiger partial charge in [-0.25, -0.2) is 4.98 Å². The smallest absolute Gasteiger partial charge is 0.274 e. The van der Waals surface area contributed by atoms with Crippen LogP contribution in [0.5, 0.6) is 0 Å². The van der Waals surface area contributed by atoms with E-state index in [1.807, 2.05) is 23.8 Å². The van der Waals surface area contributed by atoms with Crippen LogP contribution in [0.15, 0.2) is 36.8 Å². The summed E-state index contributed by atoms with van der Waals surface area (Å²) in [7, 11) is 1.98. The minimum absolute atomic E-state index is 0.187. The average molecular weight is 457 g/mol. The van der Waals surface area contributed by atoms with Gasteiger partial charge in [0, 0.05) is 43.8 Å². The summed E-state index contributed by atoms with van der Waals surface area (Å²) in [5, 5.41) is 12.9. The Hall–Kier alpha value is -3.73. The molecule has 0 atom stereocenters. The van der Waals surface area contributed by atoms with E-state index < -0.39 is 0 Å². The lowest BCUT2D eigenvalue weighted by Crippen LogP contribution is -2.40. The van der Waals surface area contributed by atoms with Crippen LogP contribution in [0, 0.1) is 17.2 Å². The molecule has 1 aliphatic carbocycles. The number of nitrogens with one attached hydrogen (secondary N) is 1. The first-order valence-corrected chi connectivity index (χ1v) is 11.9. The van der Waals surface area contributed by atoms with Crippen molar-refractivity contribution in [1.82, 2.24) is 19.4 Å². The lowest BCUT2D eigenvalue weighted by molar-refractivity contribution is -0.136. The molecule has 34 heavy (non-hydrogen) atoms. The Labute approximate surface area is 198 Å². The van der Waals surface area contributed by atoms with Gasteiger partial charge in [-0.2, -0.15) is 5.26 Å². The molecule has 2 amide bonds. The number of rotatable bonds is 4. The minimum atomic E-state index is -0.380. The van der Waals surface area contributed by atoms with Crippen LogP contribution in [-0.2, 0) is 11.8 Å². The van der Waals surface area contributed by atoms with Gasteiger partial charge in [-0.3, -0.25) is 14.6 Å². The first-order valence-electron chi connectivity index (χ1n) is 11.9. The van der Waals surface area contributed by atoms with E-state index in [0.29, 0.717) is 23.1 Å². The highest BCUT2D eigenvalue weighted by Gasteiger charge is 2.31. The molecule has 0 spiro atoms. The van der Waals surface area contributed by atoms with Crippen LogP contribution < -0.4 is 5.32 Å². The first-order chi connectivity index (χ1) is 16.5. The molecule has 1 aliphatic heterocycles. The van der Waals surface area contributed by atoms with Crippen LogP contribution in [0.3, 0.4) is 0 Å². The predicted octanol–water partition coefficient (Wildman–Crippen LogP) is 3.99. The molecule has 0 radical (unpaired) electrons. The summed E-state index contributed by atoms with van der Waals surface area (Å²) in [5.74, 6) is 0.537. The van der Waals surface area contributed by atoms with Crippen LogP contribution in [0.25, 0.3) is 11.0 Å². The molecule has 5 rings (SSSR count). The zero-order valence-corrected chi connectivity index (χ0v) is 19.3. The second-order valence-electron chi connectivity index (χ2n) is 9.37. The summed E-state index contributed by atoms with van der Waals surface area (Å²) in [6, 6.07) is 7.01. The third-order valence-corrected chi connectivity index (χ3v) is 7.17. The molecular weight excluding hydrogens is 428 g/mol. The SMILES string of the molecule is Cn1cc(C2CCN(C(=O)C3CCCC3)CC2)c2cc(NC(=O)c3cc(C#N)ccn3)cnc21. The summed E-state index contributed by atoms with van der Waals surface area (Å²) in [6.07, 6.45) is 11.5. The van der Waals surface area contributed by atoms with Crippen molar-refractivity contribution < 1.29 is 9.59 Å². The van der Waals surface area contributed by atoms with Crippen molar-refractivity contribution in [3.8, 4) is 6.07 Å². The Morgan fingerprint density at radius 3 is 2.62 bits per heavy atom. The Morgan fingerprint density at radius 1 is 1.12 bits per heavy atom. The van der Waals surface area contributed by atoms with Crippen molar-refractivity contribution in [2.24, 2.45) is 13.0 Å². The molecule has 3 aromatic rings. The highest BCUT2D eigenvalue weighted by Crippen LogP contribution is 2.36. The van der Waals surface area contributed by atoms with Gasteiger partial charge in [-0.1, -0.05) is 12.8 Å². The van der Waals surface area contributed by atoms with Gasteiger partial charge in [-0.15, -0.1) is 0 Å². The second-order valence-corrected chi connectivity index (χ2v) is 9.37. The summed E-state index contributed by atoms with van der Waals surface area (Å²) < 4.78 is 2.02. The van der Waals surface area contributed by atoms with Gasteiger partial charge < -0.3 is 14.8 Å². The van der Waals surface area contributed by atoms with Gasteiger partial charge in [0.1, 0.15) is 11.3 Å². The van der Waals surface area contributed by atoms with Crippen molar-refractivity contribution in [1.29, 1.82) is 5.26 Å². The van der Waals surface area contributed by atoms with E-state index in [2.05, 4.69) is 26.4 Å². The van der Waals surface area contributed by atoms with Crippen LogP contribution >= 0.6 is 0 Å². The summed E-state index contributed by atoms with van der Waals surface area (Å²) in [5.41, 5.74) is 3.23. The fourth-order valence-corrected chi connectivity index (χ4v) is 5.35. The zero-order chi connectivity index (χ0) is 23.7. The molecule has 8 nitrogen and oxygen atoms in total. The van der Waals surface area contributed by atoms with Gasteiger partial charge in [0.15, 0.2) is 0 Å². The number of nitriles is 1. The third-order valence-electron chi connectivity index (χ3n) is 7.17. The molecule has 0 aromatic carbocycles. The average Bonchev–Trinajstić information content (AvgIpc) is 3.52. The summed E-state index contributed by atoms with van der Waals surface area (Å²) in [6.45, 7) is 1.59. The van der Waals surface area contributed by atoms with E-state index in [4.69, 9.17) is 5.26 Å². The Kier molecular flexibility index (Phi) is 6.01. The van der Waals surface area contributed by atoms with Crippen LogP contribution in [0.4, 0.5) is 5.69 Å². The first kappa shape index (κ1) is 22.1. The van der Waals surface area contributed by atoms with Crippen molar-refractivity contribution in [2.45, 2.75) is 44.4 Å². The van der Waals surface area contributed by atoms with Gasteiger partial charge >= 0.3 is 0 Å². The number of carbonyl (C=O) groups is 2. The molecular formula is C26H28N6O2. The van der Waals surface area contributed by atoms with Crippen LogP contribution in [0.1, 0.15) is 66.1 Å². The Morgan fingerprint density at radius 2 is 1.88 bits per heavy atom. The molecule has 1 saturated heterocycles. The fourth-order valence-electron chi connectivity index (χ4n) is 5.35. The standard InChI is InChI=1S/C26H28N6O2/c1-31-16-22(18-7-10-32(11-8-18)26(34)19-4-2-3-5-19)21-13-20(15-29-24(21)31)30-25(33)23-12-17(14-27)6-9-28-23/h6,9,12-13,15-16,18-19H,2-5,7-8,10-11H2,1H3,(H,30,33). The highest BCUT2D eigenvalue weighted by molar-refractivity contribution is 6.03. The lowest BCUT2D eigenvalue weighted by Gasteiger charge is -2.33. The molecule has 1 N–H and O–H groups in total. The zero-order valence-electron chi connectivity index (χ0n) is 19.3. The Bertz CT molecular complexity index is 1280. The van der Waals surface area contributed by atoms with Gasteiger partial charge in [0.2, 0.25) is 5.91 Å². The summed E-state index contributed by atoms with van der Waals surface area (Å²) >= 11 is 0. The molecule has 8 heteroatoms. The quantitative estimate of drug-likeness (QED) is 0.639. The largest absolute Gasteiger partial charge is 0.342 e. The predicted molar refractivity (Wildman–Crippen MR) is 128 cm³/mol. The number of pyridine rings is 2. The van der Waals surface area contributed by atoms with Crippen molar-refractivity contribution >= 4 is 28.5 Å². The highest BCUT2D eigenvalue weighted by atomic mass is 16.2. The van der Waals surface area contributed by atoms with Crippen molar-refractivity contribution in [3.63, 3.8) is 0 Å². The van der Waals surface area contributed by atoms with E-state index in [1.54, 1.807) is 12.3 Å². The van der Waals surface area contributed by atoms with Crippen LogP contribution in [-0.4, -0.2) is 44.3 Å². The number of likely N-dealkylation sites (tertiary alicyclic amines) is 1. The maximum Gasteiger partial charge on any atom is 0.274 e. The number of aryl methyl sites for hydroxylation is 1. The fraction of sp³-hybridized carbons (Fsp3) is 0.423. The summed E-state index contributed by atoms with van der Waals surface area (Å²) in [4.78, 5) is 36.2. The van der Waals surface area contributed by atoms with Crippen molar-refractivity contribution in [3.05, 3.63) is 53.6 Å². The van der Waals surface area contributed by atoms with E-state index in [-0.39, 0.29) is 17.5 Å². The van der Waals surface area contributed by atoms with E-state index in [1.165, 1.54) is 30.7 Å². The number of hydrogen-bond donors (Lipinski definition) is 1. The van der Waals surface area contributed by atoms with E-state index >= 15 is 0 Å². The number of hydrogen-bond acceptors (Lipinski definition) is 5. The monoisotopic (exact) mass is 456 g/mol. The van der Waals surface area contributed by atoms with Gasteiger partial charge in [-0.05, 0) is 55.4 Å². The molecule has 0 bridgehead atoms. The Balaban J connectivity index is 1.32. The molecule has 0 unspecified atom stereocenters. The molecule has 2 aliphatic rings.